The minimum atomic E-state index is -0.369. The molecular weight excluding hydrogens is 589 g/mol. The molecule has 0 saturated heterocycles. The van der Waals surface area contributed by atoms with Crippen molar-refractivity contribution in [3.05, 3.63) is 0 Å². The summed E-state index contributed by atoms with van der Waals surface area (Å²) in [6.07, 6.45) is 3.11. The highest BCUT2D eigenvalue weighted by Gasteiger charge is 2.83. The Bertz CT molecular complexity index is 618. The van der Waals surface area contributed by atoms with Crippen molar-refractivity contribution >= 4 is 81.7 Å². The molecule has 0 aromatic carbocycles. The van der Waals surface area contributed by atoms with Crippen molar-refractivity contribution in [2.45, 2.75) is 61.1 Å². The molecule has 0 aliphatic heterocycles. The van der Waals surface area contributed by atoms with Crippen LogP contribution in [0.1, 0.15) is 33.6 Å². The van der Waals surface area contributed by atoms with Gasteiger partial charge >= 0.3 is 9.71 Å². The normalized spacial score (nSPS) is 61.4. The van der Waals surface area contributed by atoms with Gasteiger partial charge in [-0.1, -0.05) is 44.7 Å². The average Bonchev–Trinajstić information content (AvgIpc) is 2.98. The maximum Gasteiger partial charge on any atom is 0.435 e. The van der Waals surface area contributed by atoms with Crippen LogP contribution in [0.15, 0.2) is 0 Å². The van der Waals surface area contributed by atoms with Crippen molar-refractivity contribution in [1.29, 1.82) is 0 Å². The highest BCUT2D eigenvalue weighted by Crippen LogP contribution is 2.87. The molecule has 0 amide bonds. The fourth-order valence-corrected chi connectivity index (χ4v) is 23.6. The molecule has 0 aromatic rings. The van der Waals surface area contributed by atoms with Gasteiger partial charge in [0.05, 0.1) is 22.1 Å². The third-order valence-corrected chi connectivity index (χ3v) is 21.0. The molecule has 0 nitrogen and oxygen atoms in total. The van der Waals surface area contributed by atoms with Gasteiger partial charge in [-0.15, -0.1) is 11.6 Å². The van der Waals surface area contributed by atoms with Crippen LogP contribution in [-0.2, 0) is 0 Å². The first-order chi connectivity index (χ1) is 11.9. The van der Waals surface area contributed by atoms with Crippen LogP contribution >= 0.6 is 71.9 Å². The molecule has 0 N–H and O–H groups in total. The number of hydrogen-bond donors (Lipinski definition) is 0. The van der Waals surface area contributed by atoms with E-state index in [1.165, 1.54) is 6.42 Å². The van der Waals surface area contributed by atoms with Gasteiger partial charge in [-0.3, -0.25) is 0 Å². The van der Waals surface area contributed by atoms with Gasteiger partial charge in [-0.05, 0) is 67.0 Å². The summed E-state index contributed by atoms with van der Waals surface area (Å²) >= 11 is 12.1. The molecule has 7 heteroatoms. The highest BCUT2D eigenvalue weighted by molar-refractivity contribution is 14.1. The highest BCUT2D eigenvalue weighted by atomic mass is 127. The average molecular weight is 616 g/mol. The topological polar surface area (TPSA) is 0 Å². The molecular formula is C18H27B2ClI2P2+2. The number of halogens is 3. The van der Waals surface area contributed by atoms with Crippen LogP contribution in [0.3, 0.4) is 0 Å². The van der Waals surface area contributed by atoms with Gasteiger partial charge < -0.3 is 0 Å². The molecule has 0 spiro atoms. The molecule has 0 aromatic heterocycles. The van der Waals surface area contributed by atoms with E-state index in [0.717, 1.165) is 64.3 Å². The van der Waals surface area contributed by atoms with Gasteiger partial charge in [0.15, 0.2) is 0 Å². The van der Waals surface area contributed by atoms with Crippen molar-refractivity contribution in [3.63, 3.8) is 0 Å². The quantitative estimate of drug-likeness (QED) is 0.162. The molecule has 14 unspecified atom stereocenters. The molecule has 8 fully saturated rings. The van der Waals surface area contributed by atoms with Crippen LogP contribution in [0.2, 0.25) is 0 Å². The summed E-state index contributed by atoms with van der Waals surface area (Å²) in [5.41, 5.74) is 3.31. The Morgan fingerprint density at radius 1 is 0.800 bits per heavy atom. The van der Waals surface area contributed by atoms with E-state index in [2.05, 4.69) is 75.2 Å². The number of rotatable bonds is 5. The van der Waals surface area contributed by atoms with Gasteiger partial charge in [0.1, 0.15) is 0 Å². The smallest absolute Gasteiger partial charge is 0.122 e. The lowest BCUT2D eigenvalue weighted by atomic mass is 10.1. The summed E-state index contributed by atoms with van der Waals surface area (Å²) < 4.78 is 0. The van der Waals surface area contributed by atoms with E-state index in [0.29, 0.717) is 10.5 Å². The first-order valence-corrected chi connectivity index (χ1v) is 16.5. The molecule has 25 heavy (non-hydrogen) atoms. The monoisotopic (exact) mass is 616 g/mol. The van der Waals surface area contributed by atoms with E-state index in [-0.39, 0.29) is 15.6 Å². The Kier molecular flexibility index (Phi) is 4.38. The molecule has 2 radical (unpaired) electrons. The summed E-state index contributed by atoms with van der Waals surface area (Å²) in [6.45, 7) is 7.56. The van der Waals surface area contributed by atoms with Crippen molar-refractivity contribution in [2.24, 2.45) is 47.3 Å². The molecule has 8 aliphatic rings. The van der Waals surface area contributed by atoms with Crippen molar-refractivity contribution in [3.8, 4) is 0 Å². The minimum absolute atomic E-state index is 0.341. The molecule has 14 atom stereocenters. The van der Waals surface area contributed by atoms with Gasteiger partial charge in [-0.2, -0.15) is 0 Å². The zero-order chi connectivity index (χ0) is 17.4. The van der Waals surface area contributed by atoms with Gasteiger partial charge in [-0.25, -0.2) is 0 Å². The predicted octanol–water partition coefficient (Wildman–Crippen LogP) is 5.66. The Morgan fingerprint density at radius 3 is 1.80 bits per heavy atom. The van der Waals surface area contributed by atoms with E-state index in [1.807, 2.05) is 0 Å². The summed E-state index contributed by atoms with van der Waals surface area (Å²) in [5.74, 6) is 8.54. The van der Waals surface area contributed by atoms with Crippen LogP contribution in [0.5, 0.6) is 0 Å². The third-order valence-electron chi connectivity index (χ3n) is 9.32. The van der Waals surface area contributed by atoms with E-state index in [1.54, 1.807) is 6.42 Å². The first kappa shape index (κ1) is 18.5. The van der Waals surface area contributed by atoms with Crippen LogP contribution < -0.4 is 0 Å². The van der Waals surface area contributed by atoms with Gasteiger partial charge in [0, 0.05) is 35.0 Å². The van der Waals surface area contributed by atoms with Crippen LogP contribution in [0, 0.1) is 47.3 Å². The Labute approximate surface area is 188 Å². The zero-order valence-electron chi connectivity index (χ0n) is 15.1. The minimum Gasteiger partial charge on any atom is -0.122 e. The second-order valence-corrected chi connectivity index (χ2v) is 21.0. The molecule has 134 valence electrons. The van der Waals surface area contributed by atoms with Crippen LogP contribution in [0.4, 0.5) is 0 Å². The van der Waals surface area contributed by atoms with Crippen molar-refractivity contribution < 1.29 is 0 Å². The predicted molar refractivity (Wildman–Crippen MR) is 134 cm³/mol. The summed E-state index contributed by atoms with van der Waals surface area (Å²) in [6, 6.07) is 0. The van der Waals surface area contributed by atoms with Crippen LogP contribution in [0.25, 0.3) is 0 Å². The van der Waals surface area contributed by atoms with Crippen molar-refractivity contribution in [2.75, 3.05) is 0 Å². The number of alkyl halides is 1. The van der Waals surface area contributed by atoms with Gasteiger partial charge in [0.25, 0.3) is 0 Å². The maximum atomic E-state index is 6.85. The Hall–Kier alpha value is 2.74. The molecule has 8 saturated carbocycles. The third kappa shape index (κ3) is 2.28. The standard InChI is InChI=1S/C18H27B2ClI2P2/c1-18(2,3)25(20-23)17-9-5-7-12(13(7)17)16(9)24(19-22)15-8-4-6-10(11(6)15)14(8)21/h6-17,24-25H,4-5H2,1-3H3/q+2. The van der Waals surface area contributed by atoms with E-state index >= 15 is 0 Å². The first-order valence-electron chi connectivity index (χ1n) is 10.1. The lowest BCUT2D eigenvalue weighted by Crippen LogP contribution is -2.30. The van der Waals surface area contributed by atoms with E-state index < -0.39 is 0 Å². The fourth-order valence-electron chi connectivity index (χ4n) is 8.69. The Morgan fingerprint density at radius 2 is 1.36 bits per heavy atom. The molecule has 8 bridgehead atoms. The summed E-state index contributed by atoms with van der Waals surface area (Å²) in [4.78, 5) is 5.39. The zero-order valence-corrected chi connectivity index (χ0v) is 22.2. The summed E-state index contributed by atoms with van der Waals surface area (Å²) in [7, 11) is -0.709. The number of hydrogen-bond acceptors (Lipinski definition) is 0. The lowest BCUT2D eigenvalue weighted by molar-refractivity contribution is 0.588. The molecule has 8 aliphatic carbocycles. The maximum absolute atomic E-state index is 6.85. The van der Waals surface area contributed by atoms with E-state index in [9.17, 15) is 0 Å². The van der Waals surface area contributed by atoms with E-state index in [4.69, 9.17) is 11.6 Å². The van der Waals surface area contributed by atoms with Crippen molar-refractivity contribution in [1.82, 2.24) is 0 Å². The second kappa shape index (κ2) is 5.91. The van der Waals surface area contributed by atoms with Crippen LogP contribution in [-0.4, -0.2) is 37.2 Å². The van der Waals surface area contributed by atoms with Gasteiger partial charge in [0.2, 0.25) is 0 Å². The second-order valence-electron chi connectivity index (χ2n) is 10.9. The molecule has 8 rings (SSSR count). The largest absolute Gasteiger partial charge is 0.435 e. The Balaban J connectivity index is 1.29. The fraction of sp³-hybridized carbons (Fsp3) is 1.00. The lowest BCUT2D eigenvalue weighted by Gasteiger charge is -2.32. The summed E-state index contributed by atoms with van der Waals surface area (Å²) in [5, 5.41) is 1.10. The SMILES string of the molecule is CC(C)(C)[PH+]([B]I)C1C2CC3C(C31)C2[PH+]([B]I)C1C2CC3C(C2Cl)C31. The molecule has 0 heterocycles.